The lowest BCUT2D eigenvalue weighted by molar-refractivity contribution is -0.385. The molecule has 0 saturated heterocycles. The predicted molar refractivity (Wildman–Crippen MR) is 95.1 cm³/mol. The molecule has 2 aromatic rings. The van der Waals surface area contributed by atoms with Gasteiger partial charge >= 0.3 is 0 Å². The maximum absolute atomic E-state index is 10.7. The van der Waals surface area contributed by atoms with Crippen LogP contribution in [0.1, 0.15) is 11.1 Å². The van der Waals surface area contributed by atoms with Crippen LogP contribution in [0, 0.1) is 20.2 Å². The van der Waals surface area contributed by atoms with E-state index in [1.54, 1.807) is 48.6 Å². The van der Waals surface area contributed by atoms with E-state index in [0.717, 1.165) is 11.1 Å². The molecule has 0 N–H and O–H groups in total. The molecule has 0 unspecified atom stereocenters. The molecule has 128 valence electrons. The fraction of sp³-hybridized carbons (Fsp3) is 0.111. The Hall–Kier alpha value is -3.32. The Balaban J connectivity index is 1.78. The third-order valence-electron chi connectivity index (χ3n) is 3.21. The largest absolute Gasteiger partial charge is 0.373 e. The molecule has 25 heavy (non-hydrogen) atoms. The molecule has 7 heteroatoms. The normalized spacial score (nSPS) is 11.2. The highest BCUT2D eigenvalue weighted by molar-refractivity contribution is 5.54. The van der Waals surface area contributed by atoms with Crippen LogP contribution in [-0.2, 0) is 4.74 Å². The predicted octanol–water partition coefficient (Wildman–Crippen LogP) is 4.25. The lowest BCUT2D eigenvalue weighted by Gasteiger charge is -1.97. The van der Waals surface area contributed by atoms with E-state index in [1.807, 2.05) is 0 Å². The van der Waals surface area contributed by atoms with Crippen molar-refractivity contribution >= 4 is 23.5 Å². The molecule has 0 amide bonds. The molecule has 2 rings (SSSR count). The zero-order valence-electron chi connectivity index (χ0n) is 13.3. The number of benzene rings is 2. The van der Waals surface area contributed by atoms with E-state index in [2.05, 4.69) is 0 Å². The quantitative estimate of drug-likeness (QED) is 0.407. The molecule has 0 spiro atoms. The summed E-state index contributed by atoms with van der Waals surface area (Å²) in [4.78, 5) is 20.5. The summed E-state index contributed by atoms with van der Waals surface area (Å²) in [5, 5.41) is 21.4. The van der Waals surface area contributed by atoms with Gasteiger partial charge in [0.25, 0.3) is 11.4 Å². The molecule has 0 bridgehead atoms. The second-order valence-corrected chi connectivity index (χ2v) is 5.05. The zero-order valence-corrected chi connectivity index (χ0v) is 13.3. The monoisotopic (exact) mass is 340 g/mol. The molecule has 0 aliphatic carbocycles. The maximum atomic E-state index is 10.7. The van der Waals surface area contributed by atoms with Crippen molar-refractivity contribution in [3.05, 3.63) is 92.0 Å². The van der Waals surface area contributed by atoms with Crippen molar-refractivity contribution in [3.8, 4) is 0 Å². The maximum Gasteiger partial charge on any atom is 0.270 e. The van der Waals surface area contributed by atoms with E-state index in [0.29, 0.717) is 13.2 Å². The van der Waals surface area contributed by atoms with Crippen LogP contribution in [0.25, 0.3) is 12.2 Å². The first kappa shape index (κ1) is 18.0. The van der Waals surface area contributed by atoms with Gasteiger partial charge in [0.2, 0.25) is 0 Å². The summed E-state index contributed by atoms with van der Waals surface area (Å²) in [7, 11) is 0. The van der Waals surface area contributed by atoms with E-state index >= 15 is 0 Å². The minimum absolute atomic E-state index is 0.0444. The van der Waals surface area contributed by atoms with Crippen LogP contribution in [0.5, 0.6) is 0 Å². The van der Waals surface area contributed by atoms with Crippen LogP contribution >= 0.6 is 0 Å². The third-order valence-corrected chi connectivity index (χ3v) is 3.21. The summed E-state index contributed by atoms with van der Waals surface area (Å²) in [6.45, 7) is 0.698. The first-order chi connectivity index (χ1) is 12.1. The van der Waals surface area contributed by atoms with Crippen molar-refractivity contribution in [2.45, 2.75) is 0 Å². The van der Waals surface area contributed by atoms with Crippen molar-refractivity contribution in [1.29, 1.82) is 0 Å². The fourth-order valence-corrected chi connectivity index (χ4v) is 2.06. The molecular weight excluding hydrogens is 324 g/mol. The fourth-order valence-electron chi connectivity index (χ4n) is 2.06. The van der Waals surface area contributed by atoms with Crippen LogP contribution in [0.2, 0.25) is 0 Å². The highest BCUT2D eigenvalue weighted by Gasteiger charge is 2.04. The van der Waals surface area contributed by atoms with Crippen LogP contribution < -0.4 is 0 Å². The number of nitro groups is 2. The summed E-state index contributed by atoms with van der Waals surface area (Å²) in [5.41, 5.74) is 1.54. The van der Waals surface area contributed by atoms with Crippen LogP contribution in [0.3, 0.4) is 0 Å². The van der Waals surface area contributed by atoms with Gasteiger partial charge in [-0.25, -0.2) is 0 Å². The molecular formula is C18H16N2O5. The van der Waals surface area contributed by atoms with E-state index in [9.17, 15) is 20.2 Å². The average Bonchev–Trinajstić information content (AvgIpc) is 2.61. The molecule has 2 aromatic carbocycles. The van der Waals surface area contributed by atoms with Gasteiger partial charge < -0.3 is 4.74 Å². The van der Waals surface area contributed by atoms with Crippen molar-refractivity contribution in [3.63, 3.8) is 0 Å². The minimum Gasteiger partial charge on any atom is -0.373 e. The van der Waals surface area contributed by atoms with Crippen LogP contribution in [0.4, 0.5) is 11.4 Å². The second kappa shape index (κ2) is 9.09. The minimum atomic E-state index is -0.438. The van der Waals surface area contributed by atoms with Gasteiger partial charge in [0, 0.05) is 24.3 Å². The Bertz CT molecular complexity index is 747. The number of nitrogens with zero attached hydrogens (tertiary/aromatic N) is 2. The summed E-state index contributed by atoms with van der Waals surface area (Å²) in [6.07, 6.45) is 7.02. The van der Waals surface area contributed by atoms with Gasteiger partial charge in [0.05, 0.1) is 23.1 Å². The molecule has 0 atom stereocenters. The van der Waals surface area contributed by atoms with Gasteiger partial charge in [-0.3, -0.25) is 20.2 Å². The molecule has 0 aliphatic rings. The van der Waals surface area contributed by atoms with Gasteiger partial charge in [-0.15, -0.1) is 0 Å². The molecule has 0 saturated carbocycles. The highest BCUT2D eigenvalue weighted by Crippen LogP contribution is 2.15. The molecule has 0 radical (unpaired) electrons. The number of nitro benzene ring substituents is 2. The van der Waals surface area contributed by atoms with E-state index in [4.69, 9.17) is 4.74 Å². The summed E-state index contributed by atoms with van der Waals surface area (Å²) >= 11 is 0. The number of hydrogen-bond acceptors (Lipinski definition) is 5. The number of ether oxygens (including phenoxy) is 1. The van der Waals surface area contributed by atoms with Crippen molar-refractivity contribution in [1.82, 2.24) is 0 Å². The van der Waals surface area contributed by atoms with Gasteiger partial charge in [-0.1, -0.05) is 48.6 Å². The lowest BCUT2D eigenvalue weighted by Crippen LogP contribution is -1.91. The SMILES string of the molecule is O=[N+]([O-])c1cccc(C=CCOCC=Cc2cccc([N+](=O)[O-])c2)c1. The first-order valence-electron chi connectivity index (χ1n) is 7.46. The standard InChI is InChI=1S/C18H16N2O5/c21-19(22)17-9-1-5-15(13-17)7-3-11-25-12-4-8-16-6-2-10-18(14-16)20(23)24/h1-10,13-14H,11-12H2. The zero-order chi connectivity index (χ0) is 18.1. The smallest absolute Gasteiger partial charge is 0.270 e. The molecule has 0 aliphatic heterocycles. The Morgan fingerprint density at radius 3 is 1.64 bits per heavy atom. The van der Waals surface area contributed by atoms with Crippen molar-refractivity contribution in [2.75, 3.05) is 13.2 Å². The molecule has 0 heterocycles. The van der Waals surface area contributed by atoms with Gasteiger partial charge in [0.1, 0.15) is 0 Å². The highest BCUT2D eigenvalue weighted by atomic mass is 16.6. The first-order valence-corrected chi connectivity index (χ1v) is 7.46. The molecule has 0 fully saturated rings. The Kier molecular flexibility index (Phi) is 6.56. The van der Waals surface area contributed by atoms with Gasteiger partial charge in [-0.05, 0) is 11.1 Å². The number of rotatable bonds is 8. The Labute approximate surface area is 144 Å². The van der Waals surface area contributed by atoms with Crippen molar-refractivity contribution < 1.29 is 14.6 Å². The summed E-state index contributed by atoms with van der Waals surface area (Å²) < 4.78 is 5.39. The summed E-state index contributed by atoms with van der Waals surface area (Å²) in [5.74, 6) is 0. The van der Waals surface area contributed by atoms with Crippen LogP contribution in [0.15, 0.2) is 60.7 Å². The van der Waals surface area contributed by atoms with Crippen LogP contribution in [-0.4, -0.2) is 23.1 Å². The third kappa shape index (κ3) is 6.00. The number of non-ortho nitro benzene ring substituents is 2. The van der Waals surface area contributed by atoms with E-state index < -0.39 is 9.85 Å². The topological polar surface area (TPSA) is 95.5 Å². The molecule has 7 nitrogen and oxygen atoms in total. The Morgan fingerprint density at radius 1 is 0.800 bits per heavy atom. The second-order valence-electron chi connectivity index (χ2n) is 5.05. The number of hydrogen-bond donors (Lipinski definition) is 0. The molecule has 0 aromatic heterocycles. The van der Waals surface area contributed by atoms with Crippen molar-refractivity contribution in [2.24, 2.45) is 0 Å². The average molecular weight is 340 g/mol. The van der Waals surface area contributed by atoms with E-state index in [1.165, 1.54) is 24.3 Å². The Morgan fingerprint density at radius 2 is 1.24 bits per heavy atom. The van der Waals surface area contributed by atoms with Gasteiger partial charge in [-0.2, -0.15) is 0 Å². The lowest BCUT2D eigenvalue weighted by atomic mass is 10.2. The summed E-state index contributed by atoms with van der Waals surface area (Å²) in [6, 6.07) is 12.6. The van der Waals surface area contributed by atoms with Gasteiger partial charge in [0.15, 0.2) is 0 Å². The van der Waals surface area contributed by atoms with E-state index in [-0.39, 0.29) is 11.4 Å².